The molecule has 188 valence electrons. The third-order valence-corrected chi connectivity index (χ3v) is 6.32. The van der Waals surface area contributed by atoms with E-state index >= 15 is 0 Å². The lowest BCUT2D eigenvalue weighted by molar-refractivity contribution is 0.0601. The van der Waals surface area contributed by atoms with Gasteiger partial charge in [0, 0.05) is 26.3 Å². The fourth-order valence-corrected chi connectivity index (χ4v) is 4.26. The number of ether oxygens (including phenoxy) is 2. The van der Waals surface area contributed by atoms with E-state index in [1.54, 1.807) is 29.8 Å². The van der Waals surface area contributed by atoms with Crippen LogP contribution in [0.2, 0.25) is 0 Å². The van der Waals surface area contributed by atoms with Crippen LogP contribution in [0.25, 0.3) is 10.9 Å². The van der Waals surface area contributed by atoms with Crippen molar-refractivity contribution in [1.29, 1.82) is 0 Å². The lowest BCUT2D eigenvalue weighted by Crippen LogP contribution is -2.40. The van der Waals surface area contributed by atoms with Gasteiger partial charge in [0.25, 0.3) is 11.5 Å². The minimum atomic E-state index is -0.448. The van der Waals surface area contributed by atoms with E-state index in [2.05, 4.69) is 6.92 Å². The van der Waals surface area contributed by atoms with Crippen LogP contribution in [0.5, 0.6) is 0 Å². The quantitative estimate of drug-likeness (QED) is 0.334. The van der Waals surface area contributed by atoms with Crippen molar-refractivity contribution in [3.63, 3.8) is 0 Å². The number of hydrogen-bond acceptors (Lipinski definition) is 5. The van der Waals surface area contributed by atoms with E-state index in [1.807, 2.05) is 49.4 Å². The molecule has 0 spiro atoms. The van der Waals surface area contributed by atoms with Crippen LogP contribution in [0.3, 0.4) is 0 Å². The summed E-state index contributed by atoms with van der Waals surface area (Å²) in [5, 5.41) is 0.549. The smallest absolute Gasteiger partial charge is 0.261 e. The maximum absolute atomic E-state index is 13.6. The number of fused-ring (bicyclic) bond motifs is 1. The highest BCUT2D eigenvalue weighted by molar-refractivity contribution is 5.94. The molecule has 0 radical (unpaired) electrons. The summed E-state index contributed by atoms with van der Waals surface area (Å²) in [7, 11) is 3.21. The van der Waals surface area contributed by atoms with Gasteiger partial charge in [0.2, 0.25) is 0 Å². The van der Waals surface area contributed by atoms with Crippen LogP contribution in [0.15, 0.2) is 53.3 Å². The molecule has 1 heterocycles. The number of amides is 1. The van der Waals surface area contributed by atoms with Crippen LogP contribution in [0.1, 0.15) is 60.9 Å². The van der Waals surface area contributed by atoms with E-state index in [0.29, 0.717) is 48.6 Å². The largest absolute Gasteiger partial charge is 0.383 e. The Morgan fingerprint density at radius 2 is 1.74 bits per heavy atom. The van der Waals surface area contributed by atoms with Gasteiger partial charge in [0.05, 0.1) is 36.7 Å². The average molecular weight is 480 g/mol. The number of carbonyl (C=O) groups is 1. The molecule has 0 saturated carbocycles. The van der Waals surface area contributed by atoms with Gasteiger partial charge in [0.15, 0.2) is 0 Å². The summed E-state index contributed by atoms with van der Waals surface area (Å²) < 4.78 is 12.2. The first-order valence-electron chi connectivity index (χ1n) is 12.4. The monoisotopic (exact) mass is 479 g/mol. The summed E-state index contributed by atoms with van der Waals surface area (Å²) in [6.45, 7) is 5.57. The Bertz CT molecular complexity index is 1160. The van der Waals surface area contributed by atoms with Crippen LogP contribution >= 0.6 is 0 Å². The molecule has 0 fully saturated rings. The summed E-state index contributed by atoms with van der Waals surface area (Å²) >= 11 is 0. The number of carbonyl (C=O) groups excluding carboxylic acids is 1. The van der Waals surface area contributed by atoms with Crippen molar-refractivity contribution in [3.8, 4) is 0 Å². The number of rotatable bonds is 13. The minimum absolute atomic E-state index is 0.115. The Hall–Kier alpha value is -3.03. The number of methoxy groups -OCH3 is 2. The number of nitrogens with zero attached hydrogens (tertiary/aromatic N) is 3. The second kappa shape index (κ2) is 13.2. The van der Waals surface area contributed by atoms with E-state index < -0.39 is 6.04 Å². The van der Waals surface area contributed by atoms with Crippen molar-refractivity contribution < 1.29 is 14.3 Å². The molecule has 0 N–H and O–H groups in total. The zero-order valence-corrected chi connectivity index (χ0v) is 21.3. The highest BCUT2D eigenvalue weighted by atomic mass is 16.5. The normalized spacial score (nSPS) is 12.1. The van der Waals surface area contributed by atoms with Crippen molar-refractivity contribution in [2.75, 3.05) is 34.0 Å². The number of unbranched alkanes of at least 4 members (excludes halogenated alkanes) is 2. The predicted molar refractivity (Wildman–Crippen MR) is 139 cm³/mol. The third kappa shape index (κ3) is 6.55. The van der Waals surface area contributed by atoms with Gasteiger partial charge >= 0.3 is 0 Å². The van der Waals surface area contributed by atoms with Crippen LogP contribution in [-0.2, 0) is 22.4 Å². The first kappa shape index (κ1) is 26.6. The molecular weight excluding hydrogens is 442 g/mol. The van der Waals surface area contributed by atoms with Crippen LogP contribution < -0.4 is 5.56 Å². The zero-order valence-electron chi connectivity index (χ0n) is 21.3. The van der Waals surface area contributed by atoms with Gasteiger partial charge in [-0.15, -0.1) is 0 Å². The molecule has 3 aromatic rings. The number of aryl methyl sites for hydroxylation is 1. The van der Waals surface area contributed by atoms with Crippen LogP contribution in [-0.4, -0.2) is 54.3 Å². The molecule has 0 saturated heterocycles. The zero-order chi connectivity index (χ0) is 25.2. The highest BCUT2D eigenvalue weighted by Crippen LogP contribution is 2.23. The number of benzene rings is 2. The van der Waals surface area contributed by atoms with Gasteiger partial charge in [0.1, 0.15) is 5.82 Å². The molecule has 1 atom stereocenters. The third-order valence-electron chi connectivity index (χ3n) is 6.32. The van der Waals surface area contributed by atoms with Crippen molar-refractivity contribution >= 4 is 16.8 Å². The summed E-state index contributed by atoms with van der Waals surface area (Å²) in [4.78, 5) is 33.5. The van der Waals surface area contributed by atoms with E-state index in [0.717, 1.165) is 12.8 Å². The Kier molecular flexibility index (Phi) is 9.99. The molecule has 0 aliphatic rings. The van der Waals surface area contributed by atoms with Gasteiger partial charge in [-0.25, -0.2) is 4.98 Å². The van der Waals surface area contributed by atoms with Crippen molar-refractivity contribution in [1.82, 2.24) is 14.5 Å². The molecule has 1 unspecified atom stereocenters. The fourth-order valence-electron chi connectivity index (χ4n) is 4.26. The Morgan fingerprint density at radius 3 is 2.43 bits per heavy atom. The Morgan fingerprint density at radius 1 is 1.03 bits per heavy atom. The molecule has 7 nitrogen and oxygen atoms in total. The summed E-state index contributed by atoms with van der Waals surface area (Å²) in [5.74, 6) is 0.418. The van der Waals surface area contributed by atoms with Gasteiger partial charge in [-0.3, -0.25) is 14.2 Å². The molecule has 35 heavy (non-hydrogen) atoms. The molecule has 7 heteroatoms. The van der Waals surface area contributed by atoms with Gasteiger partial charge in [-0.2, -0.15) is 0 Å². The first-order chi connectivity index (χ1) is 17.0. The van der Waals surface area contributed by atoms with Gasteiger partial charge < -0.3 is 14.4 Å². The Balaban J connectivity index is 1.97. The second-order valence-corrected chi connectivity index (χ2v) is 8.76. The van der Waals surface area contributed by atoms with Crippen molar-refractivity contribution in [3.05, 3.63) is 75.8 Å². The molecule has 0 aliphatic carbocycles. The highest BCUT2D eigenvalue weighted by Gasteiger charge is 2.27. The molecule has 0 bridgehead atoms. The standard InChI is InChI=1S/C28H37N3O4/c1-5-6-7-10-22-13-15-23(16-14-22)27(32)30(17-19-34-3)21(2)26-29-25-12-9-8-11-24(25)28(33)31(26)18-20-35-4/h8-9,11-16,21H,5-7,10,17-20H2,1-4H3. The average Bonchev–Trinajstić information content (AvgIpc) is 2.88. The molecule has 1 amide bonds. The van der Waals surface area contributed by atoms with E-state index in [9.17, 15) is 9.59 Å². The summed E-state index contributed by atoms with van der Waals surface area (Å²) in [6, 6.07) is 14.7. The fraction of sp³-hybridized carbons (Fsp3) is 0.464. The SMILES string of the molecule is CCCCCc1ccc(C(=O)N(CCOC)C(C)c2nc3ccccc3c(=O)n2CCOC)cc1. The maximum Gasteiger partial charge on any atom is 0.261 e. The second-order valence-electron chi connectivity index (χ2n) is 8.76. The van der Waals surface area contributed by atoms with E-state index in [1.165, 1.54) is 18.4 Å². The molecule has 0 aliphatic heterocycles. The van der Waals surface area contributed by atoms with Crippen molar-refractivity contribution in [2.24, 2.45) is 0 Å². The van der Waals surface area contributed by atoms with Crippen LogP contribution in [0, 0.1) is 0 Å². The molecule has 2 aromatic carbocycles. The summed E-state index contributed by atoms with van der Waals surface area (Å²) in [5.41, 5.74) is 2.32. The van der Waals surface area contributed by atoms with E-state index in [-0.39, 0.29) is 11.5 Å². The number of para-hydroxylation sites is 1. The van der Waals surface area contributed by atoms with E-state index in [4.69, 9.17) is 14.5 Å². The van der Waals surface area contributed by atoms with Gasteiger partial charge in [-0.05, 0) is 49.6 Å². The molecule has 1 aromatic heterocycles. The lowest BCUT2D eigenvalue weighted by atomic mass is 10.0. The first-order valence-corrected chi connectivity index (χ1v) is 12.4. The Labute approximate surface area is 207 Å². The number of hydrogen-bond donors (Lipinski definition) is 0. The number of aromatic nitrogens is 2. The lowest BCUT2D eigenvalue weighted by Gasteiger charge is -2.30. The summed E-state index contributed by atoms with van der Waals surface area (Å²) in [6.07, 6.45) is 4.54. The topological polar surface area (TPSA) is 73.7 Å². The van der Waals surface area contributed by atoms with Gasteiger partial charge in [-0.1, -0.05) is 44.0 Å². The van der Waals surface area contributed by atoms with Crippen molar-refractivity contribution in [2.45, 2.75) is 52.1 Å². The van der Waals surface area contributed by atoms with Crippen LogP contribution in [0.4, 0.5) is 0 Å². The maximum atomic E-state index is 13.6. The minimum Gasteiger partial charge on any atom is -0.383 e. The molecule has 3 rings (SSSR count). The predicted octanol–water partition coefficient (Wildman–Crippen LogP) is 4.63. The molecular formula is C28H37N3O4.